The highest BCUT2D eigenvalue weighted by molar-refractivity contribution is 7.93. The number of nitrogens with two attached hydrogens (primary N) is 1. The average Bonchev–Trinajstić information content (AvgIpc) is 3.45. The number of carbonyl (C=O) groups excluding carboxylic acids is 1. The van der Waals surface area contributed by atoms with E-state index in [0.717, 1.165) is 31.2 Å². The van der Waals surface area contributed by atoms with Crippen LogP contribution in [-0.2, 0) is 15.4 Å². The van der Waals surface area contributed by atoms with E-state index in [1.54, 1.807) is 11.6 Å². The van der Waals surface area contributed by atoms with Gasteiger partial charge >= 0.3 is 0 Å². The van der Waals surface area contributed by atoms with Crippen molar-refractivity contribution in [2.45, 2.75) is 36.0 Å². The van der Waals surface area contributed by atoms with Gasteiger partial charge in [0.05, 0.1) is 4.90 Å². The number of primary amides is 1. The van der Waals surface area contributed by atoms with Gasteiger partial charge in [-0.25, -0.2) is 17.7 Å². The van der Waals surface area contributed by atoms with E-state index in [1.807, 2.05) is 18.2 Å². The monoisotopic (exact) mass is 441 g/mol. The summed E-state index contributed by atoms with van der Waals surface area (Å²) in [6, 6.07) is 15.9. The number of benzene rings is 2. The van der Waals surface area contributed by atoms with Crippen LogP contribution in [0.4, 0.5) is 5.13 Å². The molecule has 1 heterocycles. The Hall–Kier alpha value is -2.71. The molecule has 4 rings (SSSR count). The minimum absolute atomic E-state index is 0.115. The normalized spacial score (nSPS) is 15.7. The summed E-state index contributed by atoms with van der Waals surface area (Å²) in [5.74, 6) is -0.593. The van der Waals surface area contributed by atoms with E-state index in [-0.39, 0.29) is 15.9 Å². The Kier molecular flexibility index (Phi) is 5.62. The Labute approximate surface area is 180 Å². The van der Waals surface area contributed by atoms with Gasteiger partial charge in [0, 0.05) is 29.1 Å². The number of hydrogen-bond donors (Lipinski definition) is 1. The average molecular weight is 442 g/mol. The largest absolute Gasteiger partial charge is 0.366 e. The van der Waals surface area contributed by atoms with Crippen molar-refractivity contribution in [1.82, 2.24) is 4.98 Å². The highest BCUT2D eigenvalue weighted by Gasteiger charge is 2.41. The summed E-state index contributed by atoms with van der Waals surface area (Å²) in [5, 5.41) is 2.22. The molecule has 1 saturated carbocycles. The Balaban J connectivity index is 1.76. The van der Waals surface area contributed by atoms with E-state index in [4.69, 9.17) is 5.73 Å². The van der Waals surface area contributed by atoms with Crippen molar-refractivity contribution in [2.75, 3.05) is 10.8 Å². The van der Waals surface area contributed by atoms with Gasteiger partial charge in [-0.05, 0) is 42.7 Å². The molecule has 6 nitrogen and oxygen atoms in total. The molecule has 8 heteroatoms. The summed E-state index contributed by atoms with van der Waals surface area (Å²) in [6.07, 6.45) is 5.59. The Bertz CT molecular complexity index is 1110. The van der Waals surface area contributed by atoms with Crippen molar-refractivity contribution in [3.8, 4) is 0 Å². The van der Waals surface area contributed by atoms with Crippen molar-refractivity contribution in [1.29, 1.82) is 0 Å². The molecule has 0 spiro atoms. The second-order valence-electron chi connectivity index (χ2n) is 7.57. The lowest BCUT2D eigenvalue weighted by Crippen LogP contribution is -2.42. The van der Waals surface area contributed by atoms with Crippen LogP contribution in [0.25, 0.3) is 0 Å². The molecule has 3 aromatic rings. The van der Waals surface area contributed by atoms with Crippen LogP contribution in [-0.4, -0.2) is 25.9 Å². The number of sulfonamides is 1. The number of thiazole rings is 1. The molecule has 0 bridgehead atoms. The summed E-state index contributed by atoms with van der Waals surface area (Å²) in [5.41, 5.74) is 6.46. The summed E-state index contributed by atoms with van der Waals surface area (Å²) in [4.78, 5) is 15.8. The first-order valence-electron chi connectivity index (χ1n) is 9.80. The lowest BCUT2D eigenvalue weighted by Gasteiger charge is -2.35. The van der Waals surface area contributed by atoms with E-state index < -0.39 is 15.9 Å². The van der Waals surface area contributed by atoms with E-state index >= 15 is 0 Å². The zero-order valence-corrected chi connectivity index (χ0v) is 18.0. The molecule has 0 aliphatic heterocycles. The maximum absolute atomic E-state index is 13.6. The number of amides is 1. The van der Waals surface area contributed by atoms with Gasteiger partial charge in [0.1, 0.15) is 0 Å². The number of anilines is 1. The van der Waals surface area contributed by atoms with Gasteiger partial charge in [-0.2, -0.15) is 0 Å². The molecule has 1 fully saturated rings. The van der Waals surface area contributed by atoms with Crippen LogP contribution in [0.1, 0.15) is 41.6 Å². The first-order valence-corrected chi connectivity index (χ1v) is 12.1. The maximum Gasteiger partial charge on any atom is 0.266 e. The Morgan fingerprint density at radius 1 is 1.07 bits per heavy atom. The standard InChI is InChI=1S/C22H23N3O3S2/c23-20(26)17-8-10-19(11-9-17)30(27,28)25(21-24-14-15-29-21)16-22(12-4-5-13-22)18-6-2-1-3-7-18/h1-3,6-11,14-15H,4-5,12-13,16H2,(H2,23,26). The van der Waals surface area contributed by atoms with Crippen molar-refractivity contribution in [3.05, 3.63) is 77.3 Å². The van der Waals surface area contributed by atoms with Crippen molar-refractivity contribution in [3.63, 3.8) is 0 Å². The molecule has 1 aliphatic carbocycles. The van der Waals surface area contributed by atoms with E-state index in [0.29, 0.717) is 11.7 Å². The molecule has 1 aliphatic rings. The number of aromatic nitrogens is 1. The number of rotatable bonds is 7. The third-order valence-corrected chi connectivity index (χ3v) is 8.41. The molecule has 156 valence electrons. The fraction of sp³-hybridized carbons (Fsp3) is 0.273. The van der Waals surface area contributed by atoms with Gasteiger partial charge in [-0.1, -0.05) is 43.2 Å². The van der Waals surface area contributed by atoms with Crippen molar-refractivity contribution < 1.29 is 13.2 Å². The minimum atomic E-state index is -3.87. The predicted octanol–water partition coefficient (Wildman–Crippen LogP) is 3.95. The zero-order valence-electron chi connectivity index (χ0n) is 16.4. The maximum atomic E-state index is 13.6. The lowest BCUT2D eigenvalue weighted by molar-refractivity contribution is 0.1000. The van der Waals surface area contributed by atoms with Crippen LogP contribution in [0.2, 0.25) is 0 Å². The van der Waals surface area contributed by atoms with Gasteiger partial charge in [0.2, 0.25) is 5.91 Å². The number of hydrogen-bond acceptors (Lipinski definition) is 5. The summed E-state index contributed by atoms with van der Waals surface area (Å²) in [7, 11) is -3.87. The molecule has 0 atom stereocenters. The third-order valence-electron chi connectivity index (χ3n) is 5.75. The molecule has 2 N–H and O–H groups in total. The molecule has 1 aromatic heterocycles. The molecular weight excluding hydrogens is 418 g/mol. The highest BCUT2D eigenvalue weighted by atomic mass is 32.2. The van der Waals surface area contributed by atoms with Crippen molar-refractivity contribution in [2.24, 2.45) is 5.73 Å². The smallest absolute Gasteiger partial charge is 0.266 e. The minimum Gasteiger partial charge on any atom is -0.366 e. The van der Waals surface area contributed by atoms with Crippen LogP contribution in [0, 0.1) is 0 Å². The molecule has 1 amide bonds. The van der Waals surface area contributed by atoms with Crippen LogP contribution >= 0.6 is 11.3 Å². The van der Waals surface area contributed by atoms with Gasteiger partial charge in [0.25, 0.3) is 10.0 Å². The second kappa shape index (κ2) is 8.20. The quantitative estimate of drug-likeness (QED) is 0.601. The molecule has 2 aromatic carbocycles. The first-order chi connectivity index (χ1) is 14.4. The number of nitrogens with zero attached hydrogens (tertiary/aromatic N) is 2. The molecule has 30 heavy (non-hydrogen) atoms. The fourth-order valence-corrected chi connectivity index (χ4v) is 6.54. The molecule has 0 unspecified atom stereocenters. The zero-order chi connectivity index (χ0) is 21.2. The Morgan fingerprint density at radius 3 is 2.30 bits per heavy atom. The summed E-state index contributed by atoms with van der Waals surface area (Å²) in [6.45, 7) is 0.324. The van der Waals surface area contributed by atoms with Crippen LogP contribution < -0.4 is 10.0 Å². The fourth-order valence-electron chi connectivity index (χ4n) is 4.17. The summed E-state index contributed by atoms with van der Waals surface area (Å²) < 4.78 is 28.7. The van der Waals surface area contributed by atoms with Gasteiger partial charge < -0.3 is 5.73 Å². The topological polar surface area (TPSA) is 93.4 Å². The van der Waals surface area contributed by atoms with Crippen LogP contribution in [0.5, 0.6) is 0 Å². The molecule has 0 saturated heterocycles. The van der Waals surface area contributed by atoms with Crippen molar-refractivity contribution >= 4 is 32.4 Å². The van der Waals surface area contributed by atoms with Crippen LogP contribution in [0.15, 0.2) is 71.1 Å². The predicted molar refractivity (Wildman–Crippen MR) is 118 cm³/mol. The summed E-state index contributed by atoms with van der Waals surface area (Å²) >= 11 is 1.30. The van der Waals surface area contributed by atoms with E-state index in [2.05, 4.69) is 17.1 Å². The third kappa shape index (κ3) is 3.85. The number of carbonyl (C=O) groups is 1. The van der Waals surface area contributed by atoms with Gasteiger partial charge in [-0.15, -0.1) is 11.3 Å². The molecular formula is C22H23N3O3S2. The van der Waals surface area contributed by atoms with Crippen LogP contribution in [0.3, 0.4) is 0 Å². The second-order valence-corrected chi connectivity index (χ2v) is 10.3. The SMILES string of the molecule is NC(=O)c1ccc(S(=O)(=O)N(CC2(c3ccccc3)CCCC2)c2nccs2)cc1. The van der Waals surface area contributed by atoms with Gasteiger partial charge in [0.15, 0.2) is 5.13 Å². The van der Waals surface area contributed by atoms with E-state index in [1.165, 1.54) is 39.9 Å². The molecule has 0 radical (unpaired) electrons. The Morgan fingerprint density at radius 2 is 1.73 bits per heavy atom. The first kappa shape index (κ1) is 20.6. The highest BCUT2D eigenvalue weighted by Crippen LogP contribution is 2.43. The van der Waals surface area contributed by atoms with Gasteiger partial charge in [-0.3, -0.25) is 4.79 Å². The lowest BCUT2D eigenvalue weighted by atomic mass is 9.79. The van der Waals surface area contributed by atoms with E-state index in [9.17, 15) is 13.2 Å².